The minimum atomic E-state index is 0.753. The Hall–Kier alpha value is -1.49. The molecule has 0 aromatic carbocycles. The summed E-state index contributed by atoms with van der Waals surface area (Å²) in [5.74, 6) is 0.964. The molecule has 5 heteroatoms. The third-order valence-electron chi connectivity index (χ3n) is 2.60. The first kappa shape index (κ1) is 11.0. The summed E-state index contributed by atoms with van der Waals surface area (Å²) in [5, 5.41) is 4.54. The number of anilines is 2. The zero-order valence-corrected chi connectivity index (χ0v) is 10.6. The van der Waals surface area contributed by atoms with Gasteiger partial charge in [-0.25, -0.2) is 0 Å². The molecule has 0 saturated carbocycles. The number of thiophene rings is 1. The molecule has 0 radical (unpaired) electrons. The van der Waals surface area contributed by atoms with Gasteiger partial charge in [-0.2, -0.15) is 0 Å². The Kier molecular flexibility index (Phi) is 2.87. The van der Waals surface area contributed by atoms with Crippen LogP contribution in [0.2, 0.25) is 0 Å². The molecule has 1 aliphatic rings. The molecule has 0 fully saturated rings. The van der Waals surface area contributed by atoms with Crippen LogP contribution in [-0.2, 0) is 0 Å². The average Bonchev–Trinajstić information content (AvgIpc) is 2.66. The van der Waals surface area contributed by atoms with E-state index >= 15 is 0 Å². The number of rotatable bonds is 1. The Balaban J connectivity index is 2.46. The van der Waals surface area contributed by atoms with E-state index in [0.717, 1.165) is 23.8 Å². The molecule has 1 aromatic heterocycles. The van der Waals surface area contributed by atoms with Gasteiger partial charge in [-0.1, -0.05) is 0 Å². The van der Waals surface area contributed by atoms with Gasteiger partial charge in [0.1, 0.15) is 10.8 Å². The highest BCUT2D eigenvalue weighted by atomic mass is 32.1. The monoisotopic (exact) mass is 236 g/mol. The first-order chi connectivity index (χ1) is 7.65. The molecular weight excluding hydrogens is 220 g/mol. The lowest BCUT2D eigenvalue weighted by Gasteiger charge is -2.30. The summed E-state index contributed by atoms with van der Waals surface area (Å²) in [6, 6.07) is 2.14. The zero-order valence-electron chi connectivity index (χ0n) is 9.74. The second-order valence-electron chi connectivity index (χ2n) is 3.77. The largest absolute Gasteiger partial charge is 0.403 e. The number of aliphatic imine (C=N–C) groups is 1. The van der Waals surface area contributed by atoms with Crippen LogP contribution in [0, 0.1) is 6.92 Å². The molecule has 0 bridgehead atoms. The van der Waals surface area contributed by atoms with E-state index in [1.165, 1.54) is 9.88 Å². The van der Waals surface area contributed by atoms with Crippen molar-refractivity contribution in [3.05, 3.63) is 22.8 Å². The molecule has 0 unspecified atom stereocenters. The highest BCUT2D eigenvalue weighted by Gasteiger charge is 2.23. The van der Waals surface area contributed by atoms with Crippen LogP contribution in [0.25, 0.3) is 0 Å². The summed E-state index contributed by atoms with van der Waals surface area (Å²) in [4.78, 5) is 7.69. The second-order valence-corrected chi connectivity index (χ2v) is 5.00. The maximum absolute atomic E-state index is 5.59. The van der Waals surface area contributed by atoms with Crippen molar-refractivity contribution in [1.29, 1.82) is 0 Å². The Labute approximate surface area is 99.5 Å². The van der Waals surface area contributed by atoms with E-state index in [0.29, 0.717) is 0 Å². The smallest absolute Gasteiger partial charge is 0.121 e. The Morgan fingerprint density at radius 2 is 2.44 bits per heavy atom. The summed E-state index contributed by atoms with van der Waals surface area (Å²) in [6.07, 6.45) is 1.64. The van der Waals surface area contributed by atoms with Crippen molar-refractivity contribution < 1.29 is 0 Å². The normalized spacial score (nSPS) is 18.6. The highest BCUT2D eigenvalue weighted by Crippen LogP contribution is 2.39. The molecule has 2 heterocycles. The van der Waals surface area contributed by atoms with Crippen molar-refractivity contribution in [2.45, 2.75) is 13.8 Å². The Bertz CT molecular complexity index is 459. The number of nitrogens with one attached hydrogen (secondary N) is 1. The van der Waals surface area contributed by atoms with Crippen molar-refractivity contribution in [1.82, 2.24) is 0 Å². The zero-order chi connectivity index (χ0) is 11.7. The van der Waals surface area contributed by atoms with E-state index in [-0.39, 0.29) is 0 Å². The van der Waals surface area contributed by atoms with E-state index in [1.807, 2.05) is 6.92 Å². The van der Waals surface area contributed by atoms with Crippen molar-refractivity contribution in [2.75, 3.05) is 23.8 Å². The number of aryl methyl sites for hydroxylation is 1. The van der Waals surface area contributed by atoms with Gasteiger partial charge in [0.05, 0.1) is 12.2 Å². The average molecular weight is 236 g/mol. The van der Waals surface area contributed by atoms with Crippen LogP contribution in [0.3, 0.4) is 0 Å². The molecule has 1 aliphatic heterocycles. The summed E-state index contributed by atoms with van der Waals surface area (Å²) >= 11 is 1.77. The van der Waals surface area contributed by atoms with E-state index in [2.05, 4.69) is 28.2 Å². The van der Waals surface area contributed by atoms with E-state index in [9.17, 15) is 0 Å². The molecule has 0 aliphatic carbocycles. The fourth-order valence-corrected chi connectivity index (χ4v) is 2.73. The summed E-state index contributed by atoms with van der Waals surface area (Å²) < 4.78 is 0. The topological polar surface area (TPSA) is 53.6 Å². The van der Waals surface area contributed by atoms with Gasteiger partial charge < -0.3 is 16.0 Å². The van der Waals surface area contributed by atoms with Gasteiger partial charge in [-0.05, 0) is 19.9 Å². The third kappa shape index (κ3) is 1.78. The first-order valence-corrected chi connectivity index (χ1v) is 5.96. The van der Waals surface area contributed by atoms with Gasteiger partial charge in [0.15, 0.2) is 0 Å². The van der Waals surface area contributed by atoms with E-state index < -0.39 is 0 Å². The van der Waals surface area contributed by atoms with Crippen LogP contribution in [0.15, 0.2) is 23.0 Å². The standard InChI is InChI=1S/C11H16N4S/c1-7(5-12)15-6-10(13-3)14-9-4-8(2)16-11(9)15/h4-5H,6,12H2,1-3H3,(H,13,14)/b7-5-. The van der Waals surface area contributed by atoms with Crippen molar-refractivity contribution in [2.24, 2.45) is 10.7 Å². The van der Waals surface area contributed by atoms with Crippen LogP contribution in [0.1, 0.15) is 11.8 Å². The highest BCUT2D eigenvalue weighted by molar-refractivity contribution is 7.16. The third-order valence-corrected chi connectivity index (χ3v) is 3.68. The number of hydrogen-bond acceptors (Lipinski definition) is 4. The molecule has 16 heavy (non-hydrogen) atoms. The molecule has 0 spiro atoms. The minimum absolute atomic E-state index is 0.753. The van der Waals surface area contributed by atoms with Crippen LogP contribution >= 0.6 is 11.3 Å². The molecule has 4 nitrogen and oxygen atoms in total. The number of fused-ring (bicyclic) bond motifs is 1. The quantitative estimate of drug-likeness (QED) is 0.785. The van der Waals surface area contributed by atoms with Crippen molar-refractivity contribution >= 4 is 27.9 Å². The molecule has 1 aromatic rings. The molecule has 3 N–H and O–H groups in total. The number of nitrogens with two attached hydrogens (primary N) is 1. The van der Waals surface area contributed by atoms with E-state index in [4.69, 9.17) is 5.73 Å². The van der Waals surface area contributed by atoms with Gasteiger partial charge in [-0.3, -0.25) is 4.99 Å². The number of allylic oxidation sites excluding steroid dienone is 1. The van der Waals surface area contributed by atoms with E-state index in [1.54, 1.807) is 24.6 Å². The fraction of sp³-hybridized carbons (Fsp3) is 0.364. The first-order valence-electron chi connectivity index (χ1n) is 5.15. The number of nitrogens with zero attached hydrogens (tertiary/aromatic N) is 2. The molecular formula is C11H16N4S. The molecule has 2 rings (SSSR count). The van der Waals surface area contributed by atoms with Gasteiger partial charge in [-0.15, -0.1) is 11.3 Å². The Morgan fingerprint density at radius 1 is 1.69 bits per heavy atom. The lowest BCUT2D eigenvalue weighted by Crippen LogP contribution is -2.36. The van der Waals surface area contributed by atoms with Gasteiger partial charge >= 0.3 is 0 Å². The number of amidine groups is 1. The lowest BCUT2D eigenvalue weighted by molar-refractivity contribution is 1.02. The molecule has 86 valence electrons. The van der Waals surface area contributed by atoms with Crippen LogP contribution in [0.5, 0.6) is 0 Å². The second kappa shape index (κ2) is 4.17. The molecule has 0 saturated heterocycles. The summed E-state index contributed by atoms with van der Waals surface area (Å²) in [7, 11) is 1.80. The summed E-state index contributed by atoms with van der Waals surface area (Å²) in [5.41, 5.74) is 7.76. The maximum Gasteiger partial charge on any atom is 0.121 e. The fourth-order valence-electron chi connectivity index (χ4n) is 1.71. The van der Waals surface area contributed by atoms with Gasteiger partial charge in [0, 0.05) is 23.8 Å². The van der Waals surface area contributed by atoms with Gasteiger partial charge in [0.25, 0.3) is 0 Å². The van der Waals surface area contributed by atoms with Crippen LogP contribution < -0.4 is 16.0 Å². The predicted octanol–water partition coefficient (Wildman–Crippen LogP) is 2.14. The lowest BCUT2D eigenvalue weighted by atomic mass is 10.3. The molecule has 0 atom stereocenters. The predicted molar refractivity (Wildman–Crippen MR) is 71.3 cm³/mol. The SMILES string of the molecule is CN=C1CN(/C(C)=C\N)c2sc(C)cc2N1. The maximum atomic E-state index is 5.59. The van der Waals surface area contributed by atoms with Crippen molar-refractivity contribution in [3.8, 4) is 0 Å². The molecule has 0 amide bonds. The summed E-state index contributed by atoms with van der Waals surface area (Å²) in [6.45, 7) is 4.87. The van der Waals surface area contributed by atoms with Crippen LogP contribution in [-0.4, -0.2) is 19.4 Å². The Morgan fingerprint density at radius 3 is 3.06 bits per heavy atom. The number of hydrogen-bond donors (Lipinski definition) is 2. The van der Waals surface area contributed by atoms with Gasteiger partial charge in [0.2, 0.25) is 0 Å². The van der Waals surface area contributed by atoms with Crippen LogP contribution in [0.4, 0.5) is 10.7 Å². The minimum Gasteiger partial charge on any atom is -0.403 e. The van der Waals surface area contributed by atoms with Crippen molar-refractivity contribution in [3.63, 3.8) is 0 Å².